The Labute approximate surface area is 197 Å². The molecule has 1 aromatic heterocycles. The first-order valence-electron chi connectivity index (χ1n) is 11.5. The number of imide groups is 1. The van der Waals surface area contributed by atoms with Gasteiger partial charge < -0.3 is 14.2 Å². The highest BCUT2D eigenvalue weighted by atomic mass is 16.5. The highest BCUT2D eigenvalue weighted by Crippen LogP contribution is 2.29. The number of imidazole rings is 1. The Bertz CT molecular complexity index is 1190. The average Bonchev–Trinajstić information content (AvgIpc) is 3.49. The van der Waals surface area contributed by atoms with Gasteiger partial charge in [0, 0.05) is 31.5 Å². The van der Waals surface area contributed by atoms with Crippen LogP contribution < -0.4 is 4.74 Å². The summed E-state index contributed by atoms with van der Waals surface area (Å²) in [6, 6.07) is 12.5. The third-order valence-electron chi connectivity index (χ3n) is 6.49. The van der Waals surface area contributed by atoms with Crippen molar-refractivity contribution in [3.8, 4) is 5.75 Å². The number of likely N-dealkylation sites (tertiary alicyclic amines) is 1. The molecule has 3 aromatic rings. The van der Waals surface area contributed by atoms with Crippen molar-refractivity contribution in [3.05, 3.63) is 83.4 Å². The van der Waals surface area contributed by atoms with Crippen LogP contribution in [0, 0.1) is 0 Å². The molecular weight excluding hydrogens is 432 g/mol. The molecule has 3 heterocycles. The summed E-state index contributed by atoms with van der Waals surface area (Å²) in [5, 5.41) is 0. The fraction of sp³-hybridized carbons (Fsp3) is 0.308. The zero-order chi connectivity index (χ0) is 23.7. The molecule has 0 spiro atoms. The summed E-state index contributed by atoms with van der Waals surface area (Å²) in [7, 11) is 0. The fourth-order valence-corrected chi connectivity index (χ4v) is 4.71. The summed E-state index contributed by atoms with van der Waals surface area (Å²) in [5.74, 6) is -0.222. The van der Waals surface area contributed by atoms with Gasteiger partial charge in [0.05, 0.1) is 36.2 Å². The minimum Gasteiger partial charge on any atom is -0.493 e. The molecule has 174 valence electrons. The van der Waals surface area contributed by atoms with E-state index in [1.54, 1.807) is 48.7 Å². The molecule has 1 fully saturated rings. The van der Waals surface area contributed by atoms with Gasteiger partial charge in [-0.05, 0) is 49.6 Å². The third-order valence-corrected chi connectivity index (χ3v) is 6.49. The van der Waals surface area contributed by atoms with Crippen LogP contribution in [0.4, 0.5) is 0 Å². The monoisotopic (exact) mass is 458 g/mol. The summed E-state index contributed by atoms with van der Waals surface area (Å²) in [6.45, 7) is 3.67. The van der Waals surface area contributed by atoms with Gasteiger partial charge in [-0.1, -0.05) is 18.2 Å². The van der Waals surface area contributed by atoms with Gasteiger partial charge in [-0.3, -0.25) is 19.3 Å². The summed E-state index contributed by atoms with van der Waals surface area (Å²) in [5.41, 5.74) is 1.98. The minimum absolute atomic E-state index is 0.0989. The molecule has 8 heteroatoms. The van der Waals surface area contributed by atoms with Crippen LogP contribution in [0.25, 0.3) is 0 Å². The van der Waals surface area contributed by atoms with Crippen molar-refractivity contribution < 1.29 is 19.1 Å². The minimum atomic E-state index is -0.316. The zero-order valence-electron chi connectivity index (χ0n) is 19.0. The van der Waals surface area contributed by atoms with E-state index >= 15 is 0 Å². The zero-order valence-corrected chi connectivity index (χ0v) is 19.0. The number of carbonyl (C=O) groups is 3. The maximum atomic E-state index is 13.5. The van der Waals surface area contributed by atoms with Crippen molar-refractivity contribution in [1.29, 1.82) is 0 Å². The van der Waals surface area contributed by atoms with Crippen molar-refractivity contribution in [2.75, 3.05) is 19.7 Å². The van der Waals surface area contributed by atoms with Gasteiger partial charge in [0.15, 0.2) is 0 Å². The highest BCUT2D eigenvalue weighted by Gasteiger charge is 2.35. The predicted octanol–water partition coefficient (Wildman–Crippen LogP) is 3.56. The number of fused-ring (bicyclic) bond motifs is 1. The van der Waals surface area contributed by atoms with Gasteiger partial charge in [-0.25, -0.2) is 4.98 Å². The normalized spacial score (nSPS) is 16.1. The molecule has 0 N–H and O–H groups in total. The lowest BCUT2D eigenvalue weighted by molar-refractivity contribution is 0.0641. The van der Waals surface area contributed by atoms with E-state index in [-0.39, 0.29) is 24.3 Å². The van der Waals surface area contributed by atoms with Crippen LogP contribution in [0.15, 0.2) is 61.2 Å². The lowest BCUT2D eigenvalue weighted by atomic mass is 10.0. The molecule has 1 saturated heterocycles. The Morgan fingerprint density at radius 2 is 1.76 bits per heavy atom. The van der Waals surface area contributed by atoms with E-state index in [0.717, 1.165) is 12.8 Å². The van der Waals surface area contributed by atoms with Crippen molar-refractivity contribution in [2.24, 2.45) is 0 Å². The van der Waals surface area contributed by atoms with Gasteiger partial charge in [0.2, 0.25) is 0 Å². The molecule has 34 heavy (non-hydrogen) atoms. The standard InChI is InChI=1S/C26H26N4O4/c1-2-34-23-8-7-18(16-30-25(32)20-5-3-4-6-21(20)26(30)33)15-22(23)24(31)28-12-9-19(10-13-28)29-14-11-27-17-29/h3-8,11,14-15,17,19H,2,9-10,12-13,16H2,1H3. The number of carbonyl (C=O) groups excluding carboxylic acids is 3. The quantitative estimate of drug-likeness (QED) is 0.528. The van der Waals surface area contributed by atoms with Crippen LogP contribution >= 0.6 is 0 Å². The van der Waals surface area contributed by atoms with Gasteiger partial charge in [0.1, 0.15) is 5.75 Å². The summed E-state index contributed by atoms with van der Waals surface area (Å²) >= 11 is 0. The Morgan fingerprint density at radius 1 is 1.06 bits per heavy atom. The Balaban J connectivity index is 1.35. The lowest BCUT2D eigenvalue weighted by Gasteiger charge is -2.33. The maximum Gasteiger partial charge on any atom is 0.261 e. The number of aromatic nitrogens is 2. The number of piperidine rings is 1. The van der Waals surface area contributed by atoms with Gasteiger partial charge >= 0.3 is 0 Å². The second kappa shape index (κ2) is 9.13. The lowest BCUT2D eigenvalue weighted by Crippen LogP contribution is -2.39. The molecule has 3 amide bonds. The Morgan fingerprint density at radius 3 is 2.38 bits per heavy atom. The third kappa shape index (κ3) is 3.96. The molecule has 2 aliphatic rings. The maximum absolute atomic E-state index is 13.5. The first-order chi connectivity index (χ1) is 16.6. The van der Waals surface area contributed by atoms with Crippen LogP contribution in [0.5, 0.6) is 5.75 Å². The fourth-order valence-electron chi connectivity index (χ4n) is 4.71. The topological polar surface area (TPSA) is 84.7 Å². The number of rotatable bonds is 6. The number of nitrogens with zero attached hydrogens (tertiary/aromatic N) is 4. The number of hydrogen-bond acceptors (Lipinski definition) is 5. The van der Waals surface area contributed by atoms with E-state index < -0.39 is 0 Å². The van der Waals surface area contributed by atoms with Gasteiger partial charge in [-0.2, -0.15) is 0 Å². The first-order valence-corrected chi connectivity index (χ1v) is 11.5. The van der Waals surface area contributed by atoms with Crippen molar-refractivity contribution in [2.45, 2.75) is 32.4 Å². The van der Waals surface area contributed by atoms with Crippen LogP contribution in [-0.4, -0.2) is 56.8 Å². The molecule has 5 rings (SSSR count). The van der Waals surface area contributed by atoms with Crippen molar-refractivity contribution in [1.82, 2.24) is 19.4 Å². The highest BCUT2D eigenvalue weighted by molar-refractivity contribution is 6.21. The SMILES string of the molecule is CCOc1ccc(CN2C(=O)c3ccccc3C2=O)cc1C(=O)N1CCC(n2ccnc2)CC1. The average molecular weight is 459 g/mol. The van der Waals surface area contributed by atoms with E-state index in [9.17, 15) is 14.4 Å². The van der Waals surface area contributed by atoms with Gasteiger partial charge in [0.25, 0.3) is 17.7 Å². The molecule has 2 aliphatic heterocycles. The Hall–Kier alpha value is -3.94. The molecule has 8 nitrogen and oxygen atoms in total. The smallest absolute Gasteiger partial charge is 0.261 e. The van der Waals surface area contributed by atoms with Gasteiger partial charge in [-0.15, -0.1) is 0 Å². The molecule has 0 unspecified atom stereocenters. The van der Waals surface area contributed by atoms with E-state index in [1.165, 1.54) is 4.90 Å². The molecule has 0 atom stereocenters. The first kappa shape index (κ1) is 21.9. The number of hydrogen-bond donors (Lipinski definition) is 0. The van der Waals surface area contributed by atoms with E-state index in [0.29, 0.717) is 53.7 Å². The Kier molecular flexibility index (Phi) is 5.88. The summed E-state index contributed by atoms with van der Waals surface area (Å²) in [6.07, 6.45) is 7.24. The van der Waals surface area contributed by atoms with Crippen molar-refractivity contribution in [3.63, 3.8) is 0 Å². The predicted molar refractivity (Wildman–Crippen MR) is 125 cm³/mol. The molecule has 0 bridgehead atoms. The van der Waals surface area contributed by atoms with Crippen molar-refractivity contribution >= 4 is 17.7 Å². The van der Waals surface area contributed by atoms with Crippen LogP contribution in [0.1, 0.15) is 62.4 Å². The number of amides is 3. The second-order valence-corrected chi connectivity index (χ2v) is 8.54. The molecule has 0 radical (unpaired) electrons. The van der Waals surface area contributed by atoms with Crippen LogP contribution in [0.3, 0.4) is 0 Å². The van der Waals surface area contributed by atoms with Crippen LogP contribution in [0.2, 0.25) is 0 Å². The summed E-state index contributed by atoms with van der Waals surface area (Å²) in [4.78, 5) is 46.2. The molecular formula is C26H26N4O4. The molecule has 2 aromatic carbocycles. The van der Waals surface area contributed by atoms with E-state index in [4.69, 9.17) is 4.74 Å². The number of ether oxygens (including phenoxy) is 1. The largest absolute Gasteiger partial charge is 0.493 e. The molecule has 0 saturated carbocycles. The van der Waals surface area contributed by atoms with E-state index in [2.05, 4.69) is 9.55 Å². The number of benzene rings is 2. The van der Waals surface area contributed by atoms with Crippen LogP contribution in [-0.2, 0) is 6.54 Å². The second-order valence-electron chi connectivity index (χ2n) is 8.54. The molecule has 0 aliphatic carbocycles. The van der Waals surface area contributed by atoms with E-state index in [1.807, 2.05) is 24.3 Å². The summed E-state index contributed by atoms with van der Waals surface area (Å²) < 4.78 is 7.83.